The maximum Gasteiger partial charge on any atom is 0.435 e. The van der Waals surface area contributed by atoms with Gasteiger partial charge in [0, 0.05) is 13.6 Å². The third-order valence-electron chi connectivity index (χ3n) is 4.50. The number of hydrogen-bond acceptors (Lipinski definition) is 5. The molecule has 1 aromatic heterocycles. The van der Waals surface area contributed by atoms with E-state index >= 15 is 0 Å². The lowest BCUT2D eigenvalue weighted by atomic mass is 10.1. The summed E-state index contributed by atoms with van der Waals surface area (Å²) in [6.45, 7) is -1.52. The first kappa shape index (κ1) is 24.9. The Bertz CT molecular complexity index is 1150. The van der Waals surface area contributed by atoms with Crippen molar-refractivity contribution in [2.24, 2.45) is 0 Å². The van der Waals surface area contributed by atoms with Gasteiger partial charge in [-0.1, -0.05) is 11.3 Å². The van der Waals surface area contributed by atoms with Crippen LogP contribution < -0.4 is 9.47 Å². The summed E-state index contributed by atoms with van der Waals surface area (Å²) in [6.07, 6.45) is -5.00. The molecule has 1 amide bonds. The summed E-state index contributed by atoms with van der Waals surface area (Å²) in [6, 6.07) is 7.93. The van der Waals surface area contributed by atoms with Crippen LogP contribution in [0.2, 0.25) is 0 Å². The fourth-order valence-electron chi connectivity index (χ4n) is 3.08. The number of alkyl halides is 5. The number of hydrogen-bond donors (Lipinski definition) is 0. The molecule has 7 nitrogen and oxygen atoms in total. The quantitative estimate of drug-likeness (QED) is 0.430. The lowest BCUT2D eigenvalue weighted by Gasteiger charge is -2.19. The van der Waals surface area contributed by atoms with E-state index in [4.69, 9.17) is 4.74 Å². The van der Waals surface area contributed by atoms with Gasteiger partial charge in [0.1, 0.15) is 5.82 Å². The van der Waals surface area contributed by atoms with E-state index < -0.39 is 35.9 Å². The summed E-state index contributed by atoms with van der Waals surface area (Å²) in [5.74, 6) is -1.99. The van der Waals surface area contributed by atoms with Crippen molar-refractivity contribution in [1.82, 2.24) is 19.9 Å². The number of aromatic nitrogens is 3. The van der Waals surface area contributed by atoms with E-state index in [-0.39, 0.29) is 30.3 Å². The van der Waals surface area contributed by atoms with Gasteiger partial charge < -0.3 is 14.4 Å². The van der Waals surface area contributed by atoms with E-state index in [9.17, 15) is 31.1 Å². The smallest absolute Gasteiger partial charge is 0.435 e. The Hall–Kier alpha value is -3.77. The van der Waals surface area contributed by atoms with E-state index in [0.29, 0.717) is 10.2 Å². The van der Waals surface area contributed by atoms with E-state index in [0.717, 1.165) is 29.2 Å². The fraction of sp³-hybridized carbons (Fsp3) is 0.286. The molecule has 3 rings (SSSR count). The van der Waals surface area contributed by atoms with Crippen LogP contribution in [0.4, 0.5) is 26.3 Å². The highest BCUT2D eigenvalue weighted by Gasteiger charge is 2.42. The molecule has 0 aliphatic carbocycles. The zero-order chi connectivity index (χ0) is 25.0. The average Bonchev–Trinajstić information content (AvgIpc) is 3.21. The Balaban J connectivity index is 1.90. The number of halogens is 6. The number of carbonyl (C=O) groups excluding carboxylic acids is 1. The molecule has 1 heterocycles. The summed E-state index contributed by atoms with van der Waals surface area (Å²) < 4.78 is 89.8. The largest absolute Gasteiger partial charge is 0.490 e. The molecule has 0 N–H and O–H groups in total. The van der Waals surface area contributed by atoms with Crippen molar-refractivity contribution < 1.29 is 40.6 Å². The van der Waals surface area contributed by atoms with E-state index in [1.807, 2.05) is 0 Å². The van der Waals surface area contributed by atoms with Crippen molar-refractivity contribution in [1.29, 1.82) is 0 Å². The maximum absolute atomic E-state index is 13.8. The molecule has 13 heteroatoms. The van der Waals surface area contributed by atoms with E-state index in [2.05, 4.69) is 15.0 Å². The Kier molecular flexibility index (Phi) is 7.32. The summed E-state index contributed by atoms with van der Waals surface area (Å²) in [4.78, 5) is 13.8. The molecule has 2 aromatic carbocycles. The molecule has 0 radical (unpaired) electrons. The zero-order valence-electron chi connectivity index (χ0n) is 17.8. The molecule has 0 bridgehead atoms. The van der Waals surface area contributed by atoms with Crippen LogP contribution >= 0.6 is 0 Å². The van der Waals surface area contributed by atoms with Crippen LogP contribution in [-0.4, -0.2) is 46.1 Å². The minimum Gasteiger partial charge on any atom is -0.490 e. The Morgan fingerprint density at radius 2 is 1.79 bits per heavy atom. The Labute approximate surface area is 189 Å². The van der Waals surface area contributed by atoms with Gasteiger partial charge in [0.15, 0.2) is 22.9 Å². The number of ether oxygens (including phenoxy) is 2. The van der Waals surface area contributed by atoms with Gasteiger partial charge >= 0.3 is 12.8 Å². The van der Waals surface area contributed by atoms with Gasteiger partial charge in [0.2, 0.25) is 0 Å². The van der Waals surface area contributed by atoms with E-state index in [1.54, 1.807) is 6.92 Å². The van der Waals surface area contributed by atoms with Gasteiger partial charge in [0.25, 0.3) is 5.91 Å². The summed E-state index contributed by atoms with van der Waals surface area (Å²) in [7, 11) is 1.24. The molecule has 0 aliphatic heterocycles. The number of carbonyl (C=O) groups is 1. The van der Waals surface area contributed by atoms with Crippen molar-refractivity contribution in [3.8, 4) is 17.2 Å². The van der Waals surface area contributed by atoms with Crippen molar-refractivity contribution in [3.63, 3.8) is 0 Å². The molecule has 0 fully saturated rings. The second-order valence-electron chi connectivity index (χ2n) is 6.93. The first-order valence-electron chi connectivity index (χ1n) is 9.76. The van der Waals surface area contributed by atoms with Gasteiger partial charge in [0.05, 0.1) is 12.3 Å². The lowest BCUT2D eigenvalue weighted by Crippen LogP contribution is -2.29. The SMILES string of the molecule is CCOc1cc(CN(C)C(=O)c2nnn(-c3ccc(F)cc3)c2C(F)(F)F)ccc1OC(F)F. The van der Waals surface area contributed by atoms with Crippen molar-refractivity contribution in [3.05, 3.63) is 65.2 Å². The number of amides is 1. The molecule has 0 spiro atoms. The van der Waals surface area contributed by atoms with Crippen LogP contribution in [0, 0.1) is 5.82 Å². The van der Waals surface area contributed by atoms with Gasteiger partial charge in [-0.15, -0.1) is 5.10 Å². The van der Waals surface area contributed by atoms with Crippen LogP contribution in [0.1, 0.15) is 28.7 Å². The van der Waals surface area contributed by atoms with Crippen LogP contribution in [0.5, 0.6) is 11.5 Å². The van der Waals surface area contributed by atoms with Crippen molar-refractivity contribution >= 4 is 5.91 Å². The van der Waals surface area contributed by atoms with Gasteiger partial charge in [-0.05, 0) is 48.9 Å². The third-order valence-corrected chi connectivity index (χ3v) is 4.50. The molecule has 3 aromatic rings. The monoisotopic (exact) mass is 488 g/mol. The van der Waals surface area contributed by atoms with Crippen LogP contribution in [0.25, 0.3) is 5.69 Å². The lowest BCUT2D eigenvalue weighted by molar-refractivity contribution is -0.143. The van der Waals surface area contributed by atoms with Gasteiger partial charge in [-0.25, -0.2) is 9.07 Å². The molecule has 0 saturated carbocycles. The topological polar surface area (TPSA) is 69.5 Å². The predicted octanol–water partition coefficient (Wildman–Crippen LogP) is 4.70. The van der Waals surface area contributed by atoms with Gasteiger partial charge in [-0.2, -0.15) is 22.0 Å². The highest BCUT2D eigenvalue weighted by atomic mass is 19.4. The summed E-state index contributed by atoms with van der Waals surface area (Å²) in [5.41, 5.74) is -2.15. The molecular weight excluding hydrogens is 470 g/mol. The Morgan fingerprint density at radius 3 is 2.38 bits per heavy atom. The third kappa shape index (κ3) is 5.58. The maximum atomic E-state index is 13.8. The number of benzene rings is 2. The molecule has 0 saturated heterocycles. The van der Waals surface area contributed by atoms with Crippen LogP contribution in [0.3, 0.4) is 0 Å². The molecule has 182 valence electrons. The molecule has 0 atom stereocenters. The highest BCUT2D eigenvalue weighted by molar-refractivity contribution is 5.93. The fourth-order valence-corrected chi connectivity index (χ4v) is 3.08. The molecule has 0 aliphatic rings. The first-order chi connectivity index (χ1) is 16.0. The normalized spacial score (nSPS) is 11.6. The minimum atomic E-state index is -5.00. The highest BCUT2D eigenvalue weighted by Crippen LogP contribution is 2.34. The van der Waals surface area contributed by atoms with Gasteiger partial charge in [-0.3, -0.25) is 4.79 Å². The second kappa shape index (κ2) is 10.0. The Morgan fingerprint density at radius 1 is 1.12 bits per heavy atom. The van der Waals surface area contributed by atoms with E-state index in [1.165, 1.54) is 25.2 Å². The zero-order valence-corrected chi connectivity index (χ0v) is 17.8. The number of nitrogens with zero attached hydrogens (tertiary/aromatic N) is 4. The first-order valence-corrected chi connectivity index (χ1v) is 9.76. The summed E-state index contributed by atoms with van der Waals surface area (Å²) in [5, 5.41) is 6.86. The molecule has 34 heavy (non-hydrogen) atoms. The van der Waals surface area contributed by atoms with Crippen molar-refractivity contribution in [2.45, 2.75) is 26.3 Å². The molecular formula is C21H18F6N4O3. The number of rotatable bonds is 8. The molecule has 0 unspecified atom stereocenters. The van der Waals surface area contributed by atoms with Crippen LogP contribution in [-0.2, 0) is 12.7 Å². The minimum absolute atomic E-state index is 0.0145. The average molecular weight is 488 g/mol. The predicted molar refractivity (Wildman–Crippen MR) is 106 cm³/mol. The summed E-state index contributed by atoms with van der Waals surface area (Å²) >= 11 is 0. The van der Waals surface area contributed by atoms with Crippen molar-refractivity contribution in [2.75, 3.05) is 13.7 Å². The second-order valence-corrected chi connectivity index (χ2v) is 6.93. The standard InChI is InChI=1S/C21H18F6N4O3/c1-3-33-16-10-12(4-9-15(16)34-20(23)24)11-30(2)19(32)17-18(21(25,26)27)31(29-28-17)14-7-5-13(22)6-8-14/h4-10,20H,3,11H2,1-2H3. The van der Waals surface area contributed by atoms with Crippen LogP contribution in [0.15, 0.2) is 42.5 Å².